The largest absolute Gasteiger partial charge is 0.370 e. The fourth-order valence-corrected chi connectivity index (χ4v) is 2.88. The molecule has 7 heteroatoms. The number of aromatic nitrogens is 4. The molecule has 0 bridgehead atoms. The van der Waals surface area contributed by atoms with Crippen LogP contribution in [0.1, 0.15) is 35.2 Å². The highest BCUT2D eigenvalue weighted by Crippen LogP contribution is 2.33. The molecule has 0 unspecified atom stereocenters. The van der Waals surface area contributed by atoms with Gasteiger partial charge in [0.05, 0.1) is 5.69 Å². The van der Waals surface area contributed by atoms with Crippen molar-refractivity contribution in [3.8, 4) is 6.07 Å². The zero-order valence-corrected chi connectivity index (χ0v) is 13.6. The highest BCUT2D eigenvalue weighted by molar-refractivity contribution is 5.55. The minimum absolute atomic E-state index is 0.0347. The predicted molar refractivity (Wildman–Crippen MR) is 84.7 cm³/mol. The summed E-state index contributed by atoms with van der Waals surface area (Å²) in [5.74, 6) is 1.76. The number of imidazole rings is 1. The molecule has 1 N–H and O–H groups in total. The van der Waals surface area contributed by atoms with Gasteiger partial charge >= 0.3 is 0 Å². The summed E-state index contributed by atoms with van der Waals surface area (Å²) in [6.45, 7) is 5.13. The van der Waals surface area contributed by atoms with Gasteiger partial charge in [0, 0.05) is 38.5 Å². The second-order valence-electron chi connectivity index (χ2n) is 5.86. The van der Waals surface area contributed by atoms with Crippen LogP contribution in [0.25, 0.3) is 0 Å². The molecule has 7 nitrogen and oxygen atoms in total. The first-order chi connectivity index (χ1) is 11.1. The number of hydrogen-bond donors (Lipinski definition) is 1. The summed E-state index contributed by atoms with van der Waals surface area (Å²) in [6, 6.07) is 2.22. The van der Waals surface area contributed by atoms with Gasteiger partial charge in [0.25, 0.3) is 0 Å². The molecular formula is C16H20N6O. The number of nitrogens with one attached hydrogen (secondary N) is 1. The molecule has 23 heavy (non-hydrogen) atoms. The summed E-state index contributed by atoms with van der Waals surface area (Å²) >= 11 is 0. The Labute approximate surface area is 135 Å². The van der Waals surface area contributed by atoms with Gasteiger partial charge in [-0.3, -0.25) is 0 Å². The van der Waals surface area contributed by atoms with Crippen molar-refractivity contribution in [2.45, 2.75) is 26.4 Å². The van der Waals surface area contributed by atoms with E-state index >= 15 is 0 Å². The summed E-state index contributed by atoms with van der Waals surface area (Å²) in [4.78, 5) is 4.39. The molecule has 0 radical (unpaired) electrons. The Hall–Kier alpha value is -2.46. The van der Waals surface area contributed by atoms with E-state index in [2.05, 4.69) is 26.6 Å². The molecule has 0 spiro atoms. The highest BCUT2D eigenvalue weighted by Gasteiger charge is 2.32. The van der Waals surface area contributed by atoms with E-state index in [-0.39, 0.29) is 12.0 Å². The van der Waals surface area contributed by atoms with Crippen molar-refractivity contribution in [2.75, 3.05) is 18.5 Å². The van der Waals surface area contributed by atoms with E-state index < -0.39 is 0 Å². The van der Waals surface area contributed by atoms with Crippen molar-refractivity contribution in [3.63, 3.8) is 0 Å². The van der Waals surface area contributed by atoms with Crippen LogP contribution in [0.2, 0.25) is 0 Å². The van der Waals surface area contributed by atoms with E-state index in [1.54, 1.807) is 6.20 Å². The van der Waals surface area contributed by atoms with Crippen LogP contribution in [-0.2, 0) is 11.8 Å². The maximum atomic E-state index is 9.36. The quantitative estimate of drug-likeness (QED) is 0.927. The van der Waals surface area contributed by atoms with Crippen LogP contribution in [0.4, 0.5) is 5.82 Å². The Morgan fingerprint density at radius 1 is 1.43 bits per heavy atom. The van der Waals surface area contributed by atoms with Gasteiger partial charge in [-0.2, -0.15) is 10.4 Å². The molecular weight excluding hydrogens is 292 g/mol. The molecule has 0 aromatic carbocycles. The molecule has 0 saturated carbocycles. The molecule has 2 aromatic rings. The SMILES string of the molecule is Cc1nnc(NC[C@@H]2CCO[C@H]2c2nccn2C)c(C#N)c1C. The van der Waals surface area contributed by atoms with Crippen molar-refractivity contribution >= 4 is 5.82 Å². The van der Waals surface area contributed by atoms with Crippen LogP contribution in [0.15, 0.2) is 12.4 Å². The summed E-state index contributed by atoms with van der Waals surface area (Å²) in [5.41, 5.74) is 2.21. The lowest BCUT2D eigenvalue weighted by molar-refractivity contribution is 0.0839. The third-order valence-corrected chi connectivity index (χ3v) is 4.43. The lowest BCUT2D eigenvalue weighted by atomic mass is 10.0. The fraction of sp³-hybridized carbons (Fsp3) is 0.500. The van der Waals surface area contributed by atoms with Gasteiger partial charge in [0.15, 0.2) is 5.82 Å². The Morgan fingerprint density at radius 2 is 2.26 bits per heavy atom. The van der Waals surface area contributed by atoms with Crippen molar-refractivity contribution in [1.82, 2.24) is 19.7 Å². The molecule has 0 aliphatic carbocycles. The van der Waals surface area contributed by atoms with Gasteiger partial charge in [-0.25, -0.2) is 4.98 Å². The smallest absolute Gasteiger partial charge is 0.166 e. The van der Waals surface area contributed by atoms with Crippen LogP contribution < -0.4 is 5.32 Å². The zero-order valence-electron chi connectivity index (χ0n) is 13.6. The lowest BCUT2D eigenvalue weighted by Crippen LogP contribution is -2.21. The molecule has 3 rings (SSSR count). The zero-order chi connectivity index (χ0) is 16.4. The summed E-state index contributed by atoms with van der Waals surface area (Å²) < 4.78 is 7.84. The van der Waals surface area contributed by atoms with Crippen LogP contribution in [0.5, 0.6) is 0 Å². The first kappa shape index (κ1) is 15.4. The molecule has 1 saturated heterocycles. The second kappa shape index (κ2) is 6.34. The van der Waals surface area contributed by atoms with Gasteiger partial charge in [0.2, 0.25) is 0 Å². The lowest BCUT2D eigenvalue weighted by Gasteiger charge is -2.19. The average molecular weight is 312 g/mol. The number of aryl methyl sites for hydroxylation is 2. The van der Waals surface area contributed by atoms with E-state index in [0.717, 1.165) is 23.5 Å². The molecule has 1 aliphatic heterocycles. The van der Waals surface area contributed by atoms with E-state index in [1.165, 1.54) is 0 Å². The first-order valence-corrected chi connectivity index (χ1v) is 7.68. The van der Waals surface area contributed by atoms with E-state index in [4.69, 9.17) is 4.74 Å². The number of ether oxygens (including phenoxy) is 1. The summed E-state index contributed by atoms with van der Waals surface area (Å²) in [7, 11) is 1.97. The maximum Gasteiger partial charge on any atom is 0.166 e. The molecule has 0 amide bonds. The van der Waals surface area contributed by atoms with Crippen molar-refractivity contribution in [2.24, 2.45) is 13.0 Å². The monoisotopic (exact) mass is 312 g/mol. The molecule has 2 aromatic heterocycles. The van der Waals surface area contributed by atoms with Gasteiger partial charge in [0.1, 0.15) is 23.6 Å². The number of nitrogens with zero attached hydrogens (tertiary/aromatic N) is 5. The minimum atomic E-state index is -0.0347. The highest BCUT2D eigenvalue weighted by atomic mass is 16.5. The fourth-order valence-electron chi connectivity index (χ4n) is 2.88. The van der Waals surface area contributed by atoms with Crippen molar-refractivity contribution in [3.05, 3.63) is 35.0 Å². The van der Waals surface area contributed by atoms with Gasteiger partial charge in [-0.1, -0.05) is 0 Å². The molecule has 120 valence electrons. The Kier molecular flexibility index (Phi) is 4.26. The van der Waals surface area contributed by atoms with Crippen molar-refractivity contribution in [1.29, 1.82) is 5.26 Å². The van der Waals surface area contributed by atoms with E-state index in [9.17, 15) is 5.26 Å². The Balaban J connectivity index is 1.75. The van der Waals surface area contributed by atoms with Crippen LogP contribution in [0, 0.1) is 31.1 Å². The third-order valence-electron chi connectivity index (χ3n) is 4.43. The number of anilines is 1. The second-order valence-corrected chi connectivity index (χ2v) is 5.86. The van der Waals surface area contributed by atoms with Gasteiger partial charge in [-0.15, -0.1) is 5.10 Å². The molecule has 3 heterocycles. The predicted octanol–water partition coefficient (Wildman–Crippen LogP) is 1.89. The first-order valence-electron chi connectivity index (χ1n) is 7.68. The topological polar surface area (TPSA) is 88.7 Å². The molecule has 1 fully saturated rings. The third kappa shape index (κ3) is 2.90. The number of hydrogen-bond acceptors (Lipinski definition) is 6. The summed E-state index contributed by atoms with van der Waals surface area (Å²) in [6.07, 6.45) is 4.62. The van der Waals surface area contributed by atoms with Gasteiger partial charge < -0.3 is 14.6 Å². The van der Waals surface area contributed by atoms with E-state index in [1.807, 2.05) is 31.7 Å². The Bertz CT molecular complexity index is 748. The minimum Gasteiger partial charge on any atom is -0.370 e. The molecule has 1 aliphatic rings. The van der Waals surface area contributed by atoms with Gasteiger partial charge in [-0.05, 0) is 25.8 Å². The van der Waals surface area contributed by atoms with Crippen LogP contribution in [0.3, 0.4) is 0 Å². The summed E-state index contributed by atoms with van der Waals surface area (Å²) in [5, 5.41) is 20.9. The number of rotatable bonds is 4. The standard InChI is InChI=1S/C16H20N6O/c1-10-11(2)20-21-15(13(10)8-17)19-9-12-4-7-23-14(12)16-18-5-6-22(16)3/h5-6,12,14H,4,7,9H2,1-3H3,(H,19,21)/t12-,14+/m0/s1. The van der Waals surface area contributed by atoms with Crippen LogP contribution in [-0.4, -0.2) is 32.9 Å². The Morgan fingerprint density at radius 3 is 2.96 bits per heavy atom. The van der Waals surface area contributed by atoms with Crippen LogP contribution >= 0.6 is 0 Å². The molecule has 2 atom stereocenters. The maximum absolute atomic E-state index is 9.36. The number of nitriles is 1. The normalized spacial score (nSPS) is 20.4. The average Bonchev–Trinajstić information content (AvgIpc) is 3.16. The van der Waals surface area contributed by atoms with E-state index in [0.29, 0.717) is 24.5 Å². The van der Waals surface area contributed by atoms with Crippen molar-refractivity contribution < 1.29 is 4.74 Å².